The van der Waals surface area contributed by atoms with E-state index >= 15 is 0 Å². The highest BCUT2D eigenvalue weighted by Gasteiger charge is 2.24. The Kier molecular flexibility index (Phi) is 5.05. The van der Waals surface area contributed by atoms with Crippen molar-refractivity contribution < 1.29 is 0 Å². The lowest BCUT2D eigenvalue weighted by molar-refractivity contribution is 0.219. The van der Waals surface area contributed by atoms with E-state index in [1.54, 1.807) is 11.3 Å². The molecule has 0 amide bonds. The van der Waals surface area contributed by atoms with Crippen LogP contribution in [0.2, 0.25) is 0 Å². The summed E-state index contributed by atoms with van der Waals surface area (Å²) in [5.41, 5.74) is 5.05. The van der Waals surface area contributed by atoms with Gasteiger partial charge in [0, 0.05) is 48.9 Å². The number of hydrogen-bond acceptors (Lipinski definition) is 4. The molecule has 1 aliphatic rings. The first-order valence-electron chi connectivity index (χ1n) is 9.24. The van der Waals surface area contributed by atoms with Crippen LogP contribution in [0.3, 0.4) is 0 Å². The van der Waals surface area contributed by atoms with Crippen molar-refractivity contribution in [2.24, 2.45) is 0 Å². The minimum atomic E-state index is 0.513. The second-order valence-corrected chi connectivity index (χ2v) is 7.98. The molecule has 1 fully saturated rings. The molecule has 26 heavy (non-hydrogen) atoms. The summed E-state index contributed by atoms with van der Waals surface area (Å²) >= 11 is 1.74. The summed E-state index contributed by atoms with van der Waals surface area (Å²) in [6.45, 7) is 8.63. The Balaban J connectivity index is 1.39. The third-order valence-electron chi connectivity index (χ3n) is 5.04. The predicted octanol–water partition coefficient (Wildman–Crippen LogP) is 4.83. The molecule has 3 aromatic rings. The van der Waals surface area contributed by atoms with E-state index < -0.39 is 0 Å². The number of anilines is 1. The van der Waals surface area contributed by atoms with Crippen molar-refractivity contribution in [3.8, 4) is 10.6 Å². The van der Waals surface area contributed by atoms with Crippen LogP contribution in [0, 0.1) is 6.92 Å². The molecule has 2 aromatic carbocycles. The molecule has 1 aromatic heterocycles. The van der Waals surface area contributed by atoms with Crippen molar-refractivity contribution >= 4 is 17.0 Å². The fraction of sp³-hybridized carbons (Fsp3) is 0.318. The lowest BCUT2D eigenvalue weighted by Crippen LogP contribution is -2.51. The molecule has 2 heterocycles. The van der Waals surface area contributed by atoms with Gasteiger partial charge in [-0.25, -0.2) is 4.98 Å². The summed E-state index contributed by atoms with van der Waals surface area (Å²) in [5, 5.41) is 3.33. The third-order valence-corrected chi connectivity index (χ3v) is 5.98. The van der Waals surface area contributed by atoms with E-state index in [2.05, 4.69) is 77.6 Å². The molecule has 3 nitrogen and oxygen atoms in total. The highest BCUT2D eigenvalue weighted by Crippen LogP contribution is 2.25. The Bertz CT molecular complexity index is 841. The van der Waals surface area contributed by atoms with Crippen LogP contribution in [-0.2, 0) is 6.54 Å². The molecular weight excluding hydrogens is 338 g/mol. The quantitative estimate of drug-likeness (QED) is 0.662. The number of rotatable bonds is 4. The Morgan fingerprint density at radius 3 is 2.54 bits per heavy atom. The topological polar surface area (TPSA) is 19.4 Å². The number of nitrogens with zero attached hydrogens (tertiary/aromatic N) is 3. The molecule has 1 aliphatic heterocycles. The Morgan fingerprint density at radius 2 is 1.81 bits per heavy atom. The molecule has 0 spiro atoms. The molecule has 1 unspecified atom stereocenters. The van der Waals surface area contributed by atoms with Gasteiger partial charge in [-0.2, -0.15) is 0 Å². The largest absolute Gasteiger partial charge is 0.366 e. The van der Waals surface area contributed by atoms with E-state index in [1.807, 2.05) is 6.07 Å². The van der Waals surface area contributed by atoms with Gasteiger partial charge in [0.25, 0.3) is 0 Å². The van der Waals surface area contributed by atoms with Gasteiger partial charge in [0.2, 0.25) is 0 Å². The third kappa shape index (κ3) is 3.81. The van der Waals surface area contributed by atoms with E-state index in [-0.39, 0.29) is 0 Å². The van der Waals surface area contributed by atoms with Crippen molar-refractivity contribution in [2.75, 3.05) is 24.5 Å². The van der Waals surface area contributed by atoms with E-state index in [9.17, 15) is 0 Å². The first kappa shape index (κ1) is 17.3. The van der Waals surface area contributed by atoms with Crippen molar-refractivity contribution in [3.05, 3.63) is 71.2 Å². The minimum Gasteiger partial charge on any atom is -0.366 e. The van der Waals surface area contributed by atoms with Gasteiger partial charge < -0.3 is 4.90 Å². The molecule has 0 N–H and O–H groups in total. The number of piperazine rings is 1. The number of thiazole rings is 1. The maximum atomic E-state index is 4.85. The lowest BCUT2D eigenvalue weighted by Gasteiger charge is -2.41. The van der Waals surface area contributed by atoms with Crippen LogP contribution in [0.1, 0.15) is 18.2 Å². The van der Waals surface area contributed by atoms with Crippen molar-refractivity contribution in [1.82, 2.24) is 9.88 Å². The summed E-state index contributed by atoms with van der Waals surface area (Å²) < 4.78 is 0. The predicted molar refractivity (Wildman–Crippen MR) is 111 cm³/mol. The van der Waals surface area contributed by atoms with Gasteiger partial charge in [0.05, 0.1) is 5.69 Å². The Hall–Kier alpha value is -2.17. The monoisotopic (exact) mass is 363 g/mol. The molecule has 4 heteroatoms. The van der Waals surface area contributed by atoms with Gasteiger partial charge in [-0.05, 0) is 26.0 Å². The summed E-state index contributed by atoms with van der Waals surface area (Å²) in [6, 6.07) is 19.9. The van der Waals surface area contributed by atoms with Gasteiger partial charge in [-0.3, -0.25) is 4.90 Å². The zero-order valence-corrected chi connectivity index (χ0v) is 16.2. The van der Waals surface area contributed by atoms with E-state index in [0.29, 0.717) is 6.04 Å². The molecule has 4 rings (SSSR count). The normalized spacial score (nSPS) is 18.2. The van der Waals surface area contributed by atoms with Gasteiger partial charge in [-0.15, -0.1) is 11.3 Å². The van der Waals surface area contributed by atoms with Crippen LogP contribution in [-0.4, -0.2) is 35.6 Å². The zero-order valence-electron chi connectivity index (χ0n) is 15.4. The number of benzene rings is 2. The molecule has 0 saturated carbocycles. The highest BCUT2D eigenvalue weighted by atomic mass is 32.1. The number of aromatic nitrogens is 1. The second kappa shape index (κ2) is 7.60. The van der Waals surface area contributed by atoms with Gasteiger partial charge in [0.1, 0.15) is 5.01 Å². The number of hydrogen-bond donors (Lipinski definition) is 0. The Labute approximate surface area is 159 Å². The fourth-order valence-electron chi connectivity index (χ4n) is 3.62. The van der Waals surface area contributed by atoms with E-state index in [4.69, 9.17) is 4.98 Å². The van der Waals surface area contributed by atoms with Crippen LogP contribution in [0.15, 0.2) is 60.0 Å². The minimum absolute atomic E-state index is 0.513. The first-order valence-corrected chi connectivity index (χ1v) is 10.1. The average molecular weight is 364 g/mol. The summed E-state index contributed by atoms with van der Waals surface area (Å²) in [4.78, 5) is 9.90. The lowest BCUT2D eigenvalue weighted by atomic mass is 10.1. The Morgan fingerprint density at radius 1 is 1.04 bits per heavy atom. The van der Waals surface area contributed by atoms with Gasteiger partial charge >= 0.3 is 0 Å². The fourth-order valence-corrected chi connectivity index (χ4v) is 4.44. The number of aryl methyl sites for hydroxylation is 1. The van der Waals surface area contributed by atoms with Crippen LogP contribution in [0.5, 0.6) is 0 Å². The molecule has 0 aliphatic carbocycles. The molecular formula is C22H25N3S. The standard InChI is InChI=1S/C22H25N3S/c1-17-8-10-21(11-9-17)25-13-12-24(14-18(25)2)15-20-16-26-22(23-20)19-6-4-3-5-7-19/h3-11,16,18H,12-15H2,1-2H3. The second-order valence-electron chi connectivity index (χ2n) is 7.12. The van der Waals surface area contributed by atoms with Crippen molar-refractivity contribution in [1.29, 1.82) is 0 Å². The van der Waals surface area contributed by atoms with Crippen molar-refractivity contribution in [2.45, 2.75) is 26.4 Å². The molecule has 0 radical (unpaired) electrons. The molecule has 134 valence electrons. The summed E-state index contributed by atoms with van der Waals surface area (Å²) in [7, 11) is 0. The van der Waals surface area contributed by atoms with Crippen molar-refractivity contribution in [3.63, 3.8) is 0 Å². The summed E-state index contributed by atoms with van der Waals surface area (Å²) in [5.74, 6) is 0. The maximum absolute atomic E-state index is 4.85. The molecule has 1 saturated heterocycles. The highest BCUT2D eigenvalue weighted by molar-refractivity contribution is 7.13. The smallest absolute Gasteiger partial charge is 0.123 e. The van der Waals surface area contributed by atoms with Crippen LogP contribution >= 0.6 is 11.3 Å². The van der Waals surface area contributed by atoms with E-state index in [0.717, 1.165) is 31.2 Å². The molecule has 0 bridgehead atoms. The summed E-state index contributed by atoms with van der Waals surface area (Å²) in [6.07, 6.45) is 0. The average Bonchev–Trinajstić information content (AvgIpc) is 3.12. The maximum Gasteiger partial charge on any atom is 0.123 e. The SMILES string of the molecule is Cc1ccc(N2CCN(Cc3csc(-c4ccccc4)n3)CC2C)cc1. The van der Waals surface area contributed by atoms with Gasteiger partial charge in [-0.1, -0.05) is 48.0 Å². The van der Waals surface area contributed by atoms with Crippen LogP contribution < -0.4 is 4.90 Å². The van der Waals surface area contributed by atoms with E-state index in [1.165, 1.54) is 22.5 Å². The van der Waals surface area contributed by atoms with Crippen LogP contribution in [0.25, 0.3) is 10.6 Å². The molecule has 1 atom stereocenters. The zero-order chi connectivity index (χ0) is 17.9. The first-order chi connectivity index (χ1) is 12.7. The van der Waals surface area contributed by atoms with Gasteiger partial charge in [0.15, 0.2) is 0 Å². The van der Waals surface area contributed by atoms with Crippen LogP contribution in [0.4, 0.5) is 5.69 Å².